The molecule has 2 amide bonds. The van der Waals surface area contributed by atoms with E-state index in [2.05, 4.69) is 66.9 Å². The SMILES string of the molecule is CNC1CCN(c2cc(C(F)(F)F)c3c(N)c(C#N)sc3n2)CC1.CNC1CCNCC1.Cl.N#Cc1c(C(F)(F)F)cc(Cl)nc1Cl.NC=O.Nc1ncnc2c1sc1nc(N3CCC(N)CC3)cc(C(F)(F)F)c12.Nc1ncnc2c1sc1nc(N3CCC(NC=O)CC3)cc(C(F)(F)F)c12. The van der Waals surface area contributed by atoms with E-state index in [4.69, 9.17) is 61.5 Å². The molecule has 9 aromatic heterocycles. The number of nitrogens with two attached hydrogens (primary N) is 5. The van der Waals surface area contributed by atoms with Crippen molar-refractivity contribution in [3.8, 4) is 12.1 Å². The monoisotopic (exact) mass is 1550 g/mol. The topological polar surface area (TPSA) is 373 Å². The number of nitrogens with zero attached hydrogens (tertiary/aromatic N) is 13. The minimum absolute atomic E-state index is 0. The van der Waals surface area contributed by atoms with Gasteiger partial charge in [0.2, 0.25) is 12.8 Å². The van der Waals surface area contributed by atoms with Crippen molar-refractivity contribution in [3.63, 3.8) is 0 Å². The maximum absolute atomic E-state index is 13.8. The summed E-state index contributed by atoms with van der Waals surface area (Å²) in [4.78, 5) is 57.7. The lowest BCUT2D eigenvalue weighted by molar-refractivity contribution is -0.138. The summed E-state index contributed by atoms with van der Waals surface area (Å²) in [6, 6.07) is 8.20. The van der Waals surface area contributed by atoms with Gasteiger partial charge in [-0.2, -0.15) is 63.2 Å². The van der Waals surface area contributed by atoms with Gasteiger partial charge in [0.05, 0.1) is 59.1 Å². The van der Waals surface area contributed by atoms with Crippen molar-refractivity contribution in [1.29, 1.82) is 10.5 Å². The molecule has 0 unspecified atom stereocenters. The van der Waals surface area contributed by atoms with Crippen LogP contribution in [0.5, 0.6) is 0 Å². The van der Waals surface area contributed by atoms with E-state index < -0.39 is 62.8 Å². The van der Waals surface area contributed by atoms with Crippen molar-refractivity contribution in [2.75, 3.05) is 98.4 Å². The van der Waals surface area contributed by atoms with Gasteiger partial charge in [0.15, 0.2) is 0 Å². The Bertz CT molecular complexity index is 4460. The van der Waals surface area contributed by atoms with Crippen molar-refractivity contribution in [2.24, 2.45) is 11.5 Å². The molecule has 4 saturated heterocycles. The molecule has 9 aromatic rings. The highest BCUT2D eigenvalue weighted by molar-refractivity contribution is 7.26. The first kappa shape index (κ1) is 81.1. The van der Waals surface area contributed by atoms with Crippen LogP contribution in [-0.4, -0.2) is 143 Å². The lowest BCUT2D eigenvalue weighted by Crippen LogP contribution is -2.42. The summed E-state index contributed by atoms with van der Waals surface area (Å²) >= 11 is 13.6. The Morgan fingerprint density at radius 2 is 0.941 bits per heavy atom. The van der Waals surface area contributed by atoms with Crippen LogP contribution in [0.4, 0.5) is 87.5 Å². The summed E-state index contributed by atoms with van der Waals surface area (Å²) in [5.41, 5.74) is 23.4. The lowest BCUT2D eigenvalue weighted by atomic mass is 10.0. The second kappa shape index (κ2) is 34.8. The molecule has 550 valence electrons. The summed E-state index contributed by atoms with van der Waals surface area (Å²) in [5.74, 6) is 1.16. The average Bonchev–Trinajstić information content (AvgIpc) is 1.59. The molecule has 4 aliphatic rings. The molecule has 14 N–H and O–H groups in total. The van der Waals surface area contributed by atoms with E-state index >= 15 is 0 Å². The van der Waals surface area contributed by atoms with Gasteiger partial charge >= 0.3 is 24.7 Å². The second-order valence-electron chi connectivity index (χ2n) is 22.8. The zero-order chi connectivity index (χ0) is 73.9. The molecule has 13 heterocycles. The van der Waals surface area contributed by atoms with E-state index in [1.807, 2.05) is 30.0 Å². The van der Waals surface area contributed by atoms with Crippen LogP contribution in [0.25, 0.3) is 51.1 Å². The summed E-state index contributed by atoms with van der Waals surface area (Å²) in [6.07, 6.45) is -8.07. The maximum Gasteiger partial charge on any atom is 0.417 e. The molecule has 0 aromatic carbocycles. The number of aromatic nitrogens is 8. The van der Waals surface area contributed by atoms with Crippen LogP contribution in [0.15, 0.2) is 36.9 Å². The number of anilines is 6. The standard InChI is InChI=1S/C16H15F3N6OS.C15H15F3N6S.C15H16F3N5S.C7HCl2F3N2.C6H14N2.CH3NO.ClH/c17-16(18,19)9-5-10(25-3-1-8(2-4-25)23-7-26)24-15-11(9)12-13(27-15)14(20)22-6-21-12;16-15(17,18)8-5-9(24-3-1-7(19)2-4-24)23-14-10(8)11-12(25-14)13(20)22-6-21-11;1-21-8-2-4-23(5-3-8)11-6-9(15(16,17)18)12-13(20)10(7-19)24-14(12)22-11;8-5-1-4(7(10,11)12)3(2-13)6(9)14-5;1-7-6-2-4-8-5-3-6;2-1-3;/h5-8H,1-4H2,(H,23,26)(H2,20,21,22);5-7H,1-4,19H2,(H2,20,21,22);6,8,21H,2-5,20H2,1H3;1H;6-8H,2-5H2,1H3;1H,(H2,2,3);1H. The van der Waals surface area contributed by atoms with E-state index in [9.17, 15) is 57.5 Å². The Hall–Kier alpha value is -8.25. The molecule has 4 aliphatic heterocycles. The number of rotatable bonds is 7. The Balaban J connectivity index is 0.000000184. The van der Waals surface area contributed by atoms with Gasteiger partial charge in [0, 0.05) is 68.8 Å². The van der Waals surface area contributed by atoms with Gasteiger partial charge in [-0.15, -0.1) is 46.4 Å². The van der Waals surface area contributed by atoms with E-state index in [1.165, 1.54) is 38.3 Å². The molecule has 0 spiro atoms. The van der Waals surface area contributed by atoms with Crippen molar-refractivity contribution < 1.29 is 62.3 Å². The Labute approximate surface area is 601 Å². The largest absolute Gasteiger partial charge is 0.417 e. The number of halogens is 15. The summed E-state index contributed by atoms with van der Waals surface area (Å²) < 4.78 is 161. The summed E-state index contributed by atoms with van der Waals surface area (Å²) in [6.45, 7) is 5.83. The number of carbonyl (C=O) groups is 2. The first-order chi connectivity index (χ1) is 47.8. The highest BCUT2D eigenvalue weighted by Gasteiger charge is 2.40. The van der Waals surface area contributed by atoms with Crippen molar-refractivity contribution in [2.45, 2.75) is 100 Å². The number of fused-ring (bicyclic) bond motifs is 7. The average molecular weight is 1560 g/mol. The molecule has 0 atom stereocenters. The van der Waals surface area contributed by atoms with Gasteiger partial charge in [-0.05, 0) is 103 Å². The molecule has 102 heavy (non-hydrogen) atoms. The van der Waals surface area contributed by atoms with Crippen LogP contribution in [-0.2, 0) is 34.3 Å². The van der Waals surface area contributed by atoms with Gasteiger partial charge in [-0.25, -0.2) is 39.9 Å². The summed E-state index contributed by atoms with van der Waals surface area (Å²) in [5, 5.41) is 28.8. The van der Waals surface area contributed by atoms with Gasteiger partial charge in [0.25, 0.3) is 0 Å². The van der Waals surface area contributed by atoms with Crippen LogP contribution in [0.2, 0.25) is 10.3 Å². The molecule has 4 fully saturated rings. The van der Waals surface area contributed by atoms with Crippen LogP contribution in [0, 0.1) is 22.7 Å². The molecule has 0 bridgehead atoms. The molecule has 24 nitrogen and oxygen atoms in total. The number of alkyl halides is 12. The van der Waals surface area contributed by atoms with Gasteiger partial charge in [-0.1, -0.05) is 23.2 Å². The smallest absolute Gasteiger partial charge is 0.396 e. The Morgan fingerprint density at radius 3 is 1.31 bits per heavy atom. The van der Waals surface area contributed by atoms with E-state index in [-0.39, 0.29) is 106 Å². The number of pyridine rings is 4. The number of nitriles is 2. The first-order valence-electron chi connectivity index (χ1n) is 30.5. The molecule has 0 aliphatic carbocycles. The molecule has 13 rings (SSSR count). The quantitative estimate of drug-likeness (QED) is 0.0406. The molecular weight excluding hydrogens is 1490 g/mol. The van der Waals surface area contributed by atoms with Crippen molar-refractivity contribution in [3.05, 3.63) is 79.9 Å². The molecule has 42 heteroatoms. The number of carbonyl (C=O) groups excluding carboxylic acids is 2. The molecule has 0 radical (unpaired) electrons. The number of hydrogen-bond acceptors (Lipinski definition) is 25. The third-order valence-corrected chi connectivity index (χ3v) is 20.2. The van der Waals surface area contributed by atoms with Crippen LogP contribution < -0.4 is 64.6 Å². The predicted molar refractivity (Wildman–Crippen MR) is 373 cm³/mol. The van der Waals surface area contributed by atoms with Crippen LogP contribution in [0.3, 0.4) is 0 Å². The number of amides is 2. The predicted octanol–water partition coefficient (Wildman–Crippen LogP) is 11.0. The maximum atomic E-state index is 13.8. The highest BCUT2D eigenvalue weighted by atomic mass is 35.5. The number of primary amides is 1. The number of nitrogens with one attached hydrogen (secondary N) is 4. The fourth-order valence-electron chi connectivity index (χ4n) is 11.3. The zero-order valence-electron chi connectivity index (χ0n) is 53.7. The molecule has 0 saturated carbocycles. The number of thiophene rings is 3. The lowest BCUT2D eigenvalue weighted by Gasteiger charge is -2.33. The number of hydrogen-bond donors (Lipinski definition) is 9. The van der Waals surface area contributed by atoms with Gasteiger partial charge < -0.3 is 64.6 Å². The normalized spacial score (nSPS) is 15.8. The molecular formula is C60H65Cl3F12N22O2S3. The van der Waals surface area contributed by atoms with E-state index in [0.29, 0.717) is 85.8 Å². The zero-order valence-corrected chi connectivity index (χ0v) is 58.5. The number of nitrogen functional groups attached to an aromatic ring is 3. The Morgan fingerprint density at radius 1 is 0.559 bits per heavy atom. The Kier molecular flexibility index (Phi) is 27.7. The highest BCUT2D eigenvalue weighted by Crippen LogP contribution is 2.47. The first-order valence-corrected chi connectivity index (χ1v) is 33.7. The third kappa shape index (κ3) is 19.5. The van der Waals surface area contributed by atoms with Gasteiger partial charge in [0.1, 0.15) is 89.1 Å². The third-order valence-electron chi connectivity index (χ3n) is 16.5. The van der Waals surface area contributed by atoms with E-state index in [0.717, 1.165) is 90.3 Å². The second-order valence-corrected chi connectivity index (χ2v) is 26.5. The van der Waals surface area contributed by atoms with E-state index in [1.54, 1.807) is 4.90 Å². The van der Waals surface area contributed by atoms with Crippen molar-refractivity contribution in [1.82, 2.24) is 61.1 Å². The van der Waals surface area contributed by atoms with Crippen LogP contribution in [0.1, 0.15) is 84.1 Å². The van der Waals surface area contributed by atoms with Gasteiger partial charge in [-0.3, -0.25) is 9.59 Å². The number of piperidine rings is 4. The van der Waals surface area contributed by atoms with Crippen LogP contribution >= 0.6 is 69.6 Å². The minimum Gasteiger partial charge on any atom is -0.396 e. The minimum atomic E-state index is -4.67. The fourth-order valence-corrected chi connectivity index (χ4v) is 14.8. The summed E-state index contributed by atoms with van der Waals surface area (Å²) in [7, 11) is 3.92. The van der Waals surface area contributed by atoms with Crippen molar-refractivity contribution >= 4 is 168 Å². The fraction of sp³-hybridized carbons (Fsp3) is 0.433.